The van der Waals surface area contributed by atoms with Crippen LogP contribution in [0.3, 0.4) is 0 Å². The average Bonchev–Trinajstić information content (AvgIpc) is 3.39. The highest BCUT2D eigenvalue weighted by molar-refractivity contribution is 6.07. The van der Waals surface area contributed by atoms with Crippen LogP contribution >= 0.6 is 0 Å². The number of amides is 3. The Kier molecular flexibility index (Phi) is 9.45. The van der Waals surface area contributed by atoms with Crippen molar-refractivity contribution in [1.82, 2.24) is 25.7 Å². The number of aryl methyl sites for hydroxylation is 1. The summed E-state index contributed by atoms with van der Waals surface area (Å²) in [5, 5.41) is 11.9. The van der Waals surface area contributed by atoms with E-state index in [1.807, 2.05) is 36.4 Å². The topological polar surface area (TPSA) is 153 Å². The third-order valence-corrected chi connectivity index (χ3v) is 9.95. The quantitative estimate of drug-likeness (QED) is 0.162. The highest BCUT2D eigenvalue weighted by atomic mass is 19.1. The average molecular weight is 698 g/mol. The molecule has 3 amide bonds. The molecular weight excluding hydrogens is 657 g/mol. The number of esters is 1. The number of aromatic nitrogens is 2. The van der Waals surface area contributed by atoms with Gasteiger partial charge in [0.1, 0.15) is 35.3 Å². The van der Waals surface area contributed by atoms with Crippen LogP contribution in [-0.2, 0) is 19.1 Å². The number of fused-ring (bicyclic) bond motifs is 5. The molecule has 266 valence electrons. The number of carbonyl (C=O) groups excluding carboxylic acids is 4. The normalized spacial score (nSPS) is 26.0. The lowest BCUT2D eigenvalue weighted by atomic mass is 10.0. The molecule has 51 heavy (non-hydrogen) atoms. The second-order valence-electron chi connectivity index (χ2n) is 13.5. The Balaban J connectivity index is 1.23. The summed E-state index contributed by atoms with van der Waals surface area (Å²) in [6.45, 7) is 3.53. The monoisotopic (exact) mass is 697 g/mol. The van der Waals surface area contributed by atoms with Crippen molar-refractivity contribution in [3.8, 4) is 5.88 Å². The molecule has 7 rings (SSSR count). The van der Waals surface area contributed by atoms with E-state index in [-0.39, 0.29) is 37.1 Å². The molecule has 1 saturated carbocycles. The van der Waals surface area contributed by atoms with E-state index in [0.29, 0.717) is 35.9 Å². The van der Waals surface area contributed by atoms with Crippen molar-refractivity contribution in [3.63, 3.8) is 0 Å². The molecule has 2 fully saturated rings. The van der Waals surface area contributed by atoms with Gasteiger partial charge in [-0.15, -0.1) is 0 Å². The van der Waals surface area contributed by atoms with E-state index >= 15 is 0 Å². The first kappa shape index (κ1) is 34.1. The van der Waals surface area contributed by atoms with Crippen LogP contribution in [0.4, 0.5) is 4.39 Å². The summed E-state index contributed by atoms with van der Waals surface area (Å²) in [6.07, 6.45) is 7.14. The zero-order valence-electron chi connectivity index (χ0n) is 28.5. The Morgan fingerprint density at radius 3 is 2.71 bits per heavy atom. The van der Waals surface area contributed by atoms with Crippen molar-refractivity contribution in [1.29, 1.82) is 0 Å². The lowest BCUT2D eigenvalue weighted by Crippen LogP contribution is -2.56. The van der Waals surface area contributed by atoms with Crippen LogP contribution < -0.4 is 15.4 Å². The number of carbonyl (C=O) groups is 4. The van der Waals surface area contributed by atoms with Gasteiger partial charge in [0.2, 0.25) is 17.7 Å². The van der Waals surface area contributed by atoms with Crippen LogP contribution in [0, 0.1) is 18.7 Å². The number of nitrogens with one attached hydrogen (secondary N) is 2. The Labute approximate surface area is 293 Å². The predicted molar refractivity (Wildman–Crippen MR) is 184 cm³/mol. The molecule has 1 saturated heterocycles. The summed E-state index contributed by atoms with van der Waals surface area (Å²) >= 11 is 0. The number of rotatable bonds is 6. The van der Waals surface area contributed by atoms with E-state index in [9.17, 15) is 23.6 Å². The maximum Gasteiger partial charge on any atom is 0.332 e. The second kappa shape index (κ2) is 14.1. The van der Waals surface area contributed by atoms with Crippen molar-refractivity contribution in [2.75, 3.05) is 13.2 Å². The van der Waals surface area contributed by atoms with Gasteiger partial charge in [0, 0.05) is 35.2 Å². The van der Waals surface area contributed by atoms with Crippen LogP contribution in [0.2, 0.25) is 0 Å². The molecule has 2 aromatic carbocycles. The summed E-state index contributed by atoms with van der Waals surface area (Å²) in [5.74, 6) is -2.07. The van der Waals surface area contributed by atoms with E-state index < -0.39 is 53.2 Å². The number of nitrogens with zero attached hydrogens (tertiary/aromatic N) is 3. The van der Waals surface area contributed by atoms with Gasteiger partial charge in [-0.1, -0.05) is 48.3 Å². The first-order chi connectivity index (χ1) is 24.7. The summed E-state index contributed by atoms with van der Waals surface area (Å²) in [7, 11) is 0. The Morgan fingerprint density at radius 1 is 1.10 bits per heavy atom. The molecule has 5 atom stereocenters. The third-order valence-electron chi connectivity index (χ3n) is 9.95. The maximum atomic E-state index is 14.5. The maximum absolute atomic E-state index is 14.5. The number of hydrogen-bond acceptors (Lipinski definition) is 9. The van der Waals surface area contributed by atoms with Crippen LogP contribution in [0.15, 0.2) is 65.2 Å². The minimum Gasteiger partial charge on any atom is -0.472 e. The third kappa shape index (κ3) is 6.89. The molecule has 0 bridgehead atoms. The molecule has 2 aromatic heterocycles. The zero-order chi connectivity index (χ0) is 35.7. The fourth-order valence-corrected chi connectivity index (χ4v) is 7.25. The summed E-state index contributed by atoms with van der Waals surface area (Å²) in [5.41, 5.74) is -0.795. The first-order valence-electron chi connectivity index (χ1n) is 17.5. The van der Waals surface area contributed by atoms with E-state index in [1.54, 1.807) is 19.9 Å². The predicted octanol–water partition coefficient (Wildman–Crippen LogP) is 4.93. The lowest BCUT2D eigenvalue weighted by molar-refractivity contribution is -0.150. The Hall–Kier alpha value is -5.33. The molecule has 12 nitrogen and oxygen atoms in total. The SMILES string of the molecule is CCOC(=O)[C@@]12C[C@H]1/C=C\CCCCC[C@H](NC(=O)c1cc(C)on1)C(=O)N1C[C@H](Oc3nc4cc(F)ccc4c4ccccc34)C[C@H]1C(=O)N2. The smallest absolute Gasteiger partial charge is 0.332 e. The number of benzene rings is 2. The van der Waals surface area contributed by atoms with Crippen molar-refractivity contribution in [2.45, 2.75) is 82.5 Å². The fraction of sp³-hybridized carbons (Fsp3) is 0.421. The molecular formula is C38H40FN5O7. The van der Waals surface area contributed by atoms with Crippen LogP contribution in [0.5, 0.6) is 5.88 Å². The van der Waals surface area contributed by atoms with Gasteiger partial charge < -0.3 is 29.5 Å². The van der Waals surface area contributed by atoms with Gasteiger partial charge in [-0.05, 0) is 63.1 Å². The van der Waals surface area contributed by atoms with Gasteiger partial charge >= 0.3 is 5.97 Å². The Morgan fingerprint density at radius 2 is 1.92 bits per heavy atom. The molecule has 4 aromatic rings. The highest BCUT2D eigenvalue weighted by Gasteiger charge is 2.62. The van der Waals surface area contributed by atoms with Gasteiger partial charge in [-0.2, -0.15) is 0 Å². The summed E-state index contributed by atoms with van der Waals surface area (Å²) in [6, 6.07) is 11.3. The zero-order valence-corrected chi connectivity index (χ0v) is 28.5. The van der Waals surface area contributed by atoms with E-state index in [1.165, 1.54) is 23.1 Å². The van der Waals surface area contributed by atoms with Crippen molar-refractivity contribution < 1.29 is 37.6 Å². The molecule has 1 aliphatic carbocycles. The molecule has 2 aliphatic heterocycles. The summed E-state index contributed by atoms with van der Waals surface area (Å²) in [4.78, 5) is 61.3. The number of allylic oxidation sites excluding steroid dienone is 1. The largest absolute Gasteiger partial charge is 0.472 e. The number of pyridine rings is 1. The van der Waals surface area contributed by atoms with Crippen molar-refractivity contribution >= 4 is 45.4 Å². The van der Waals surface area contributed by atoms with Gasteiger partial charge in [0.25, 0.3) is 5.91 Å². The lowest BCUT2D eigenvalue weighted by Gasteiger charge is -2.29. The standard InChI is InChI=1S/C38H40FN5O7/c1-3-49-37(48)38-20-23(38)11-7-5-4-6-8-14-29(40-33(45)31-17-22(2)51-43-31)36(47)44-21-25(19-32(44)34(46)42-38)50-35-28-13-10-9-12-26(28)27-16-15-24(39)18-30(27)41-35/h7,9-13,15-18,23,25,29,32H,3-6,8,14,19-21H2,1-2H3,(H,40,45)(H,42,46)/b11-7-/t23-,25-,29+,32+,38-/m1/s1. The molecule has 4 heterocycles. The van der Waals surface area contributed by atoms with Crippen molar-refractivity contribution in [3.05, 3.63) is 78.0 Å². The highest BCUT2D eigenvalue weighted by Crippen LogP contribution is 2.46. The van der Waals surface area contributed by atoms with Crippen LogP contribution in [0.1, 0.15) is 68.1 Å². The van der Waals surface area contributed by atoms with Crippen LogP contribution in [-0.4, -0.2) is 75.6 Å². The van der Waals surface area contributed by atoms with Crippen LogP contribution in [0.25, 0.3) is 21.7 Å². The molecule has 0 radical (unpaired) electrons. The number of ether oxygens (including phenoxy) is 2. The van der Waals surface area contributed by atoms with E-state index in [0.717, 1.165) is 30.0 Å². The van der Waals surface area contributed by atoms with E-state index in [2.05, 4.69) is 20.8 Å². The molecule has 13 heteroatoms. The first-order valence-corrected chi connectivity index (χ1v) is 17.5. The molecule has 2 N–H and O–H groups in total. The molecule has 0 spiro atoms. The van der Waals surface area contributed by atoms with Gasteiger partial charge in [0.15, 0.2) is 5.69 Å². The fourth-order valence-electron chi connectivity index (χ4n) is 7.25. The minimum atomic E-state index is -1.24. The molecule has 0 unspecified atom stereocenters. The van der Waals surface area contributed by atoms with Crippen molar-refractivity contribution in [2.24, 2.45) is 5.92 Å². The van der Waals surface area contributed by atoms with E-state index in [4.69, 9.17) is 14.0 Å². The van der Waals surface area contributed by atoms with Gasteiger partial charge in [0.05, 0.1) is 18.7 Å². The van der Waals surface area contributed by atoms with Gasteiger partial charge in [-0.25, -0.2) is 14.2 Å². The second-order valence-corrected chi connectivity index (χ2v) is 13.5. The number of halogens is 1. The number of hydrogen-bond donors (Lipinski definition) is 2. The Bertz CT molecular complexity index is 2030. The summed E-state index contributed by atoms with van der Waals surface area (Å²) < 4.78 is 31.3. The minimum absolute atomic E-state index is 0.000703. The van der Waals surface area contributed by atoms with Gasteiger partial charge in [-0.3, -0.25) is 14.4 Å². The molecule has 3 aliphatic rings.